The molecule has 0 spiro atoms. The zero-order valence-electron chi connectivity index (χ0n) is 11.9. The van der Waals surface area contributed by atoms with Gasteiger partial charge in [-0.1, -0.05) is 36.7 Å². The SMILES string of the molecule is CCCOc1cccc(NCc2ccc(C)c(Cl)c2)c1. The molecular weight excluding hydrogens is 270 g/mol. The number of nitrogens with one attached hydrogen (secondary N) is 1. The highest BCUT2D eigenvalue weighted by atomic mass is 35.5. The van der Waals surface area contributed by atoms with E-state index >= 15 is 0 Å². The molecule has 0 saturated carbocycles. The van der Waals surface area contributed by atoms with Crippen molar-refractivity contribution in [3.63, 3.8) is 0 Å². The van der Waals surface area contributed by atoms with Gasteiger partial charge >= 0.3 is 0 Å². The molecule has 0 bridgehead atoms. The first-order valence-corrected chi connectivity index (χ1v) is 7.28. The summed E-state index contributed by atoms with van der Waals surface area (Å²) in [5.41, 5.74) is 3.32. The lowest BCUT2D eigenvalue weighted by molar-refractivity contribution is 0.317. The molecule has 0 saturated heterocycles. The van der Waals surface area contributed by atoms with Crippen LogP contribution in [0.15, 0.2) is 42.5 Å². The highest BCUT2D eigenvalue weighted by molar-refractivity contribution is 6.31. The summed E-state index contributed by atoms with van der Waals surface area (Å²) in [5.74, 6) is 0.902. The topological polar surface area (TPSA) is 21.3 Å². The van der Waals surface area contributed by atoms with E-state index in [-0.39, 0.29) is 0 Å². The van der Waals surface area contributed by atoms with Crippen molar-refractivity contribution in [2.24, 2.45) is 0 Å². The fourth-order valence-electron chi connectivity index (χ4n) is 1.87. The molecule has 3 heteroatoms. The monoisotopic (exact) mass is 289 g/mol. The predicted octanol–water partition coefficient (Wildman–Crippen LogP) is 5.05. The van der Waals surface area contributed by atoms with Crippen LogP contribution in [0, 0.1) is 6.92 Å². The van der Waals surface area contributed by atoms with E-state index in [4.69, 9.17) is 16.3 Å². The van der Waals surface area contributed by atoms with E-state index in [1.807, 2.05) is 43.3 Å². The van der Waals surface area contributed by atoms with Crippen molar-refractivity contribution in [3.8, 4) is 5.75 Å². The molecule has 2 rings (SSSR count). The highest BCUT2D eigenvalue weighted by Gasteiger charge is 2.00. The van der Waals surface area contributed by atoms with Gasteiger partial charge in [-0.25, -0.2) is 0 Å². The Bertz CT molecular complexity index is 569. The Morgan fingerprint density at radius 3 is 2.75 bits per heavy atom. The number of halogens is 1. The van der Waals surface area contributed by atoms with Crippen LogP contribution in [0.1, 0.15) is 24.5 Å². The van der Waals surface area contributed by atoms with Crippen molar-refractivity contribution in [2.45, 2.75) is 26.8 Å². The fourth-order valence-corrected chi connectivity index (χ4v) is 2.07. The molecule has 106 valence electrons. The number of anilines is 1. The van der Waals surface area contributed by atoms with Crippen LogP contribution in [-0.4, -0.2) is 6.61 Å². The maximum Gasteiger partial charge on any atom is 0.121 e. The zero-order chi connectivity index (χ0) is 14.4. The molecule has 0 fully saturated rings. The van der Waals surface area contributed by atoms with Gasteiger partial charge in [-0.15, -0.1) is 0 Å². The summed E-state index contributed by atoms with van der Waals surface area (Å²) in [6.07, 6.45) is 1.01. The number of benzene rings is 2. The summed E-state index contributed by atoms with van der Waals surface area (Å²) >= 11 is 6.13. The standard InChI is InChI=1S/C17H20ClNO/c1-3-9-20-16-6-4-5-15(11-16)19-12-14-8-7-13(2)17(18)10-14/h4-8,10-11,19H,3,9,12H2,1-2H3. The van der Waals surface area contributed by atoms with Gasteiger partial charge in [0.05, 0.1) is 6.61 Å². The van der Waals surface area contributed by atoms with E-state index in [1.165, 1.54) is 5.56 Å². The maximum atomic E-state index is 6.13. The smallest absolute Gasteiger partial charge is 0.121 e. The van der Waals surface area contributed by atoms with Crippen LogP contribution in [0.3, 0.4) is 0 Å². The first-order chi connectivity index (χ1) is 9.69. The van der Waals surface area contributed by atoms with Gasteiger partial charge in [0.25, 0.3) is 0 Å². The Morgan fingerprint density at radius 1 is 1.15 bits per heavy atom. The Morgan fingerprint density at radius 2 is 2.00 bits per heavy atom. The molecule has 0 atom stereocenters. The van der Waals surface area contributed by atoms with E-state index in [0.29, 0.717) is 0 Å². The quantitative estimate of drug-likeness (QED) is 0.803. The minimum absolute atomic E-state index is 0.747. The average molecular weight is 290 g/mol. The second-order valence-corrected chi connectivity index (χ2v) is 5.22. The fraction of sp³-hybridized carbons (Fsp3) is 0.294. The summed E-state index contributed by atoms with van der Waals surface area (Å²) < 4.78 is 5.62. The summed E-state index contributed by atoms with van der Waals surface area (Å²) in [4.78, 5) is 0. The molecule has 20 heavy (non-hydrogen) atoms. The molecule has 0 aliphatic carbocycles. The molecule has 0 aliphatic heterocycles. The van der Waals surface area contributed by atoms with Crippen molar-refractivity contribution < 1.29 is 4.74 Å². The number of aryl methyl sites for hydroxylation is 1. The molecule has 0 aliphatic rings. The number of rotatable bonds is 6. The van der Waals surface area contributed by atoms with Gasteiger partial charge in [0.1, 0.15) is 5.75 Å². The summed E-state index contributed by atoms with van der Waals surface area (Å²) in [5, 5.41) is 4.20. The third kappa shape index (κ3) is 4.17. The zero-order valence-corrected chi connectivity index (χ0v) is 12.7. The Balaban J connectivity index is 1.97. The second kappa shape index (κ2) is 7.20. The summed E-state index contributed by atoms with van der Waals surface area (Å²) in [6, 6.07) is 14.2. The average Bonchev–Trinajstić information content (AvgIpc) is 2.47. The molecule has 0 aromatic heterocycles. The van der Waals surface area contributed by atoms with Crippen LogP contribution in [0.25, 0.3) is 0 Å². The minimum atomic E-state index is 0.747. The van der Waals surface area contributed by atoms with Gasteiger partial charge in [0.2, 0.25) is 0 Å². The molecule has 0 radical (unpaired) electrons. The third-order valence-corrected chi connectivity index (χ3v) is 3.45. The van der Waals surface area contributed by atoms with Crippen molar-refractivity contribution in [2.75, 3.05) is 11.9 Å². The van der Waals surface area contributed by atoms with Crippen molar-refractivity contribution >= 4 is 17.3 Å². The van der Waals surface area contributed by atoms with Crippen LogP contribution in [0.4, 0.5) is 5.69 Å². The van der Waals surface area contributed by atoms with E-state index < -0.39 is 0 Å². The molecule has 1 N–H and O–H groups in total. The van der Waals surface area contributed by atoms with E-state index in [1.54, 1.807) is 0 Å². The largest absolute Gasteiger partial charge is 0.494 e. The van der Waals surface area contributed by atoms with Gasteiger partial charge in [-0.2, -0.15) is 0 Å². The molecule has 2 aromatic rings. The van der Waals surface area contributed by atoms with Gasteiger partial charge in [0, 0.05) is 23.3 Å². The molecule has 0 heterocycles. The number of ether oxygens (including phenoxy) is 1. The Labute approximate surface area is 125 Å². The van der Waals surface area contributed by atoms with E-state index in [9.17, 15) is 0 Å². The normalized spacial score (nSPS) is 10.3. The maximum absolute atomic E-state index is 6.13. The summed E-state index contributed by atoms with van der Waals surface area (Å²) in [7, 11) is 0. The number of hydrogen-bond donors (Lipinski definition) is 1. The highest BCUT2D eigenvalue weighted by Crippen LogP contribution is 2.20. The van der Waals surface area contributed by atoms with Crippen LogP contribution in [0.2, 0.25) is 5.02 Å². The van der Waals surface area contributed by atoms with Gasteiger partial charge < -0.3 is 10.1 Å². The molecular formula is C17H20ClNO. The van der Waals surface area contributed by atoms with E-state index in [0.717, 1.165) is 41.6 Å². The van der Waals surface area contributed by atoms with Gasteiger partial charge in [-0.05, 0) is 42.7 Å². The van der Waals surface area contributed by atoms with Crippen LogP contribution in [-0.2, 0) is 6.54 Å². The first kappa shape index (κ1) is 14.7. The second-order valence-electron chi connectivity index (χ2n) is 4.81. The lowest BCUT2D eigenvalue weighted by atomic mass is 10.1. The molecule has 2 aromatic carbocycles. The minimum Gasteiger partial charge on any atom is -0.494 e. The lowest BCUT2D eigenvalue weighted by Gasteiger charge is -2.10. The van der Waals surface area contributed by atoms with Crippen LogP contribution >= 0.6 is 11.6 Å². The van der Waals surface area contributed by atoms with E-state index in [2.05, 4.69) is 18.3 Å². The van der Waals surface area contributed by atoms with Crippen molar-refractivity contribution in [1.82, 2.24) is 0 Å². The first-order valence-electron chi connectivity index (χ1n) is 6.91. The summed E-state index contributed by atoms with van der Waals surface area (Å²) in [6.45, 7) is 5.60. The molecule has 2 nitrogen and oxygen atoms in total. The van der Waals surface area contributed by atoms with Gasteiger partial charge in [0.15, 0.2) is 0 Å². The Kier molecular flexibility index (Phi) is 5.31. The van der Waals surface area contributed by atoms with Crippen molar-refractivity contribution in [3.05, 3.63) is 58.6 Å². The predicted molar refractivity (Wildman–Crippen MR) is 85.7 cm³/mol. The van der Waals surface area contributed by atoms with Crippen LogP contribution in [0.5, 0.6) is 5.75 Å². The molecule has 0 unspecified atom stereocenters. The van der Waals surface area contributed by atoms with Gasteiger partial charge in [-0.3, -0.25) is 0 Å². The Hall–Kier alpha value is -1.67. The molecule has 0 amide bonds. The lowest BCUT2D eigenvalue weighted by Crippen LogP contribution is -2.00. The van der Waals surface area contributed by atoms with Crippen molar-refractivity contribution in [1.29, 1.82) is 0 Å². The third-order valence-electron chi connectivity index (χ3n) is 3.04. The van der Waals surface area contributed by atoms with Crippen LogP contribution < -0.4 is 10.1 Å². The number of hydrogen-bond acceptors (Lipinski definition) is 2.